The van der Waals surface area contributed by atoms with Crippen LogP contribution in [0.4, 0.5) is 4.79 Å². The second kappa shape index (κ2) is 10.8. The van der Waals surface area contributed by atoms with Gasteiger partial charge in [-0.1, -0.05) is 60.7 Å². The molecular formula is C26H33NO6. The highest BCUT2D eigenvalue weighted by Crippen LogP contribution is 2.26. The molecule has 1 fully saturated rings. The van der Waals surface area contributed by atoms with Gasteiger partial charge in [-0.3, -0.25) is 4.79 Å². The molecule has 4 atom stereocenters. The van der Waals surface area contributed by atoms with Crippen molar-refractivity contribution in [3.8, 4) is 0 Å². The van der Waals surface area contributed by atoms with Gasteiger partial charge in [-0.15, -0.1) is 0 Å². The maximum absolute atomic E-state index is 12.6. The number of hydrogen-bond donors (Lipinski definition) is 2. The highest BCUT2D eigenvalue weighted by molar-refractivity contribution is 5.75. The fourth-order valence-electron chi connectivity index (χ4n) is 3.76. The predicted molar refractivity (Wildman–Crippen MR) is 124 cm³/mol. The van der Waals surface area contributed by atoms with Crippen molar-refractivity contribution in [2.45, 2.75) is 58.0 Å². The highest BCUT2D eigenvalue weighted by atomic mass is 16.6. The minimum Gasteiger partial charge on any atom is -0.462 e. The van der Waals surface area contributed by atoms with Crippen LogP contribution in [0.5, 0.6) is 0 Å². The van der Waals surface area contributed by atoms with Gasteiger partial charge in [0.1, 0.15) is 25.4 Å². The standard InChI is InChI=1S/C26H33NO6/c1-17-22(23(28)21(33-17)16-31-24(29)26(2,3)4)27-25(30)32-15-20(18-11-7-5-8-12-18)19-13-9-6-10-14-19/h5-14,17,20-23,28H,15-16H2,1-4H3,(H,27,30)/t17-,21+,22?,23?/m0/s1. The minimum atomic E-state index is -1.03. The van der Waals surface area contributed by atoms with Crippen LogP contribution in [-0.2, 0) is 19.0 Å². The fraction of sp³-hybridized carbons (Fsp3) is 0.462. The van der Waals surface area contributed by atoms with E-state index in [-0.39, 0.29) is 25.1 Å². The van der Waals surface area contributed by atoms with Crippen LogP contribution in [0.25, 0.3) is 0 Å². The zero-order valence-electron chi connectivity index (χ0n) is 19.6. The second-order valence-corrected chi connectivity index (χ2v) is 9.36. The van der Waals surface area contributed by atoms with E-state index in [9.17, 15) is 14.7 Å². The lowest BCUT2D eigenvalue weighted by molar-refractivity contribution is -0.158. The topological polar surface area (TPSA) is 94.1 Å². The highest BCUT2D eigenvalue weighted by Gasteiger charge is 2.43. The summed E-state index contributed by atoms with van der Waals surface area (Å²) in [5.74, 6) is -0.500. The summed E-state index contributed by atoms with van der Waals surface area (Å²) >= 11 is 0. The van der Waals surface area contributed by atoms with Crippen LogP contribution in [0.15, 0.2) is 60.7 Å². The number of amides is 1. The molecule has 1 aliphatic heterocycles. The number of carbonyl (C=O) groups excluding carboxylic acids is 2. The van der Waals surface area contributed by atoms with Gasteiger partial charge in [0.15, 0.2) is 0 Å². The summed E-state index contributed by atoms with van der Waals surface area (Å²) in [6.45, 7) is 7.06. The van der Waals surface area contributed by atoms with Gasteiger partial charge in [0, 0.05) is 5.92 Å². The summed E-state index contributed by atoms with van der Waals surface area (Å²) in [5, 5.41) is 13.3. The molecule has 2 unspecified atom stereocenters. The van der Waals surface area contributed by atoms with Crippen LogP contribution in [0.1, 0.15) is 44.7 Å². The zero-order valence-corrected chi connectivity index (χ0v) is 19.6. The van der Waals surface area contributed by atoms with E-state index in [4.69, 9.17) is 14.2 Å². The molecule has 0 radical (unpaired) electrons. The third-order valence-electron chi connectivity index (χ3n) is 5.70. The number of nitrogens with one attached hydrogen (secondary N) is 1. The maximum Gasteiger partial charge on any atom is 0.407 e. The molecule has 2 aromatic rings. The Kier molecular flexibility index (Phi) is 8.10. The smallest absolute Gasteiger partial charge is 0.407 e. The first-order valence-electron chi connectivity index (χ1n) is 11.2. The third kappa shape index (κ3) is 6.55. The molecule has 1 heterocycles. The quantitative estimate of drug-likeness (QED) is 0.619. The summed E-state index contributed by atoms with van der Waals surface area (Å²) in [5.41, 5.74) is 1.43. The molecular weight excluding hydrogens is 422 g/mol. The van der Waals surface area contributed by atoms with Crippen molar-refractivity contribution in [2.75, 3.05) is 13.2 Å². The van der Waals surface area contributed by atoms with Crippen molar-refractivity contribution in [1.82, 2.24) is 5.32 Å². The molecule has 0 spiro atoms. The summed E-state index contributed by atoms with van der Waals surface area (Å²) in [6, 6.07) is 19.0. The van der Waals surface area contributed by atoms with Crippen LogP contribution < -0.4 is 5.32 Å². The van der Waals surface area contributed by atoms with E-state index in [2.05, 4.69) is 5.32 Å². The Bertz CT molecular complexity index is 872. The number of carbonyl (C=O) groups is 2. The number of alkyl carbamates (subject to hydrolysis) is 1. The van der Waals surface area contributed by atoms with E-state index in [0.29, 0.717) is 0 Å². The summed E-state index contributed by atoms with van der Waals surface area (Å²) in [4.78, 5) is 24.6. The molecule has 0 saturated carbocycles. The molecule has 7 heteroatoms. The average molecular weight is 456 g/mol. The van der Waals surface area contributed by atoms with Crippen LogP contribution in [-0.4, -0.2) is 54.7 Å². The molecule has 178 valence electrons. The van der Waals surface area contributed by atoms with Crippen molar-refractivity contribution >= 4 is 12.1 Å². The van der Waals surface area contributed by atoms with Crippen LogP contribution >= 0.6 is 0 Å². The summed E-state index contributed by atoms with van der Waals surface area (Å²) in [7, 11) is 0. The molecule has 3 rings (SSSR count). The number of esters is 1. The van der Waals surface area contributed by atoms with E-state index in [1.807, 2.05) is 60.7 Å². The Labute approximate surface area is 195 Å². The van der Waals surface area contributed by atoms with E-state index in [0.717, 1.165) is 11.1 Å². The van der Waals surface area contributed by atoms with Gasteiger partial charge in [-0.05, 0) is 38.8 Å². The first-order chi connectivity index (χ1) is 15.7. The second-order valence-electron chi connectivity index (χ2n) is 9.36. The fourth-order valence-corrected chi connectivity index (χ4v) is 3.76. The third-order valence-corrected chi connectivity index (χ3v) is 5.70. The molecule has 0 aromatic heterocycles. The molecule has 33 heavy (non-hydrogen) atoms. The largest absolute Gasteiger partial charge is 0.462 e. The SMILES string of the molecule is C[C@@H]1O[C@H](COC(=O)C(C)(C)C)C(O)C1NC(=O)OCC(c1ccccc1)c1ccccc1. The van der Waals surface area contributed by atoms with Gasteiger partial charge in [-0.2, -0.15) is 0 Å². The number of rotatable bonds is 7. The Morgan fingerprint density at radius 1 is 1.00 bits per heavy atom. The van der Waals surface area contributed by atoms with Crippen molar-refractivity contribution in [3.05, 3.63) is 71.8 Å². The number of aliphatic hydroxyl groups is 1. The van der Waals surface area contributed by atoms with Crippen molar-refractivity contribution in [3.63, 3.8) is 0 Å². The molecule has 1 saturated heterocycles. The number of benzene rings is 2. The van der Waals surface area contributed by atoms with Gasteiger partial charge in [0.25, 0.3) is 0 Å². The van der Waals surface area contributed by atoms with Gasteiger partial charge in [0.05, 0.1) is 17.6 Å². The van der Waals surface area contributed by atoms with Crippen LogP contribution in [0.3, 0.4) is 0 Å². The molecule has 0 aliphatic carbocycles. The Hall–Kier alpha value is -2.90. The average Bonchev–Trinajstić information content (AvgIpc) is 3.06. The summed E-state index contributed by atoms with van der Waals surface area (Å²) < 4.78 is 16.5. The molecule has 1 amide bonds. The van der Waals surface area contributed by atoms with Gasteiger partial charge in [0.2, 0.25) is 0 Å². The predicted octanol–water partition coefficient (Wildman–Crippen LogP) is 3.65. The van der Waals surface area contributed by atoms with E-state index in [1.165, 1.54) is 0 Å². The van der Waals surface area contributed by atoms with Crippen LogP contribution in [0.2, 0.25) is 0 Å². The van der Waals surface area contributed by atoms with E-state index in [1.54, 1.807) is 27.7 Å². The van der Waals surface area contributed by atoms with Gasteiger partial charge >= 0.3 is 12.1 Å². The lowest BCUT2D eigenvalue weighted by Gasteiger charge is -2.22. The first kappa shape index (κ1) is 24.7. The van der Waals surface area contributed by atoms with Crippen molar-refractivity contribution in [2.24, 2.45) is 5.41 Å². The van der Waals surface area contributed by atoms with E-state index >= 15 is 0 Å². The zero-order chi connectivity index (χ0) is 24.0. The van der Waals surface area contributed by atoms with Gasteiger partial charge < -0.3 is 24.6 Å². The Morgan fingerprint density at radius 2 is 1.55 bits per heavy atom. The molecule has 2 aromatic carbocycles. The van der Waals surface area contributed by atoms with Crippen LogP contribution in [0, 0.1) is 5.41 Å². The number of ether oxygens (including phenoxy) is 3. The molecule has 1 aliphatic rings. The molecule has 7 nitrogen and oxygen atoms in total. The lowest BCUT2D eigenvalue weighted by atomic mass is 9.92. The lowest BCUT2D eigenvalue weighted by Crippen LogP contribution is -2.48. The summed E-state index contributed by atoms with van der Waals surface area (Å²) in [6.07, 6.45) is -2.86. The Balaban J connectivity index is 1.57. The monoisotopic (exact) mass is 455 g/mol. The van der Waals surface area contributed by atoms with Crippen molar-refractivity contribution in [1.29, 1.82) is 0 Å². The molecule has 0 bridgehead atoms. The van der Waals surface area contributed by atoms with E-state index < -0.39 is 35.9 Å². The maximum atomic E-state index is 12.6. The molecule has 2 N–H and O–H groups in total. The van der Waals surface area contributed by atoms with Gasteiger partial charge in [-0.25, -0.2) is 4.79 Å². The minimum absolute atomic E-state index is 0.0844. The van der Waals surface area contributed by atoms with Crippen molar-refractivity contribution < 1.29 is 28.9 Å². The normalized spacial score (nSPS) is 22.7. The number of aliphatic hydroxyl groups excluding tert-OH is 1. The first-order valence-corrected chi connectivity index (χ1v) is 11.2. The number of hydrogen-bond acceptors (Lipinski definition) is 6. The Morgan fingerprint density at radius 3 is 2.06 bits per heavy atom.